The van der Waals surface area contributed by atoms with Crippen molar-refractivity contribution in [3.05, 3.63) is 28.6 Å². The zero-order valence-electron chi connectivity index (χ0n) is 10.3. The lowest BCUT2D eigenvalue weighted by Crippen LogP contribution is -2.42. The van der Waals surface area contributed by atoms with Gasteiger partial charge in [-0.05, 0) is 18.4 Å². The van der Waals surface area contributed by atoms with Gasteiger partial charge in [0, 0.05) is 5.38 Å². The fourth-order valence-electron chi connectivity index (χ4n) is 1.43. The number of carbonyl (C=O) groups excluding carboxylic acids is 2. The summed E-state index contributed by atoms with van der Waals surface area (Å²) in [6.45, 7) is 1.55. The number of thiophene rings is 1. The molecule has 0 radical (unpaired) electrons. The second-order valence-corrected chi connectivity index (χ2v) is 5.80. The standard InChI is InChI=1S/C12H13N3O2S2/c1-7(11(13)17)14-10(16)5-8-6-19-12(15-8)9-3-2-4-18-9/h2-4,6-7H,5H2,1H3,(H2,13,17)(H,14,16). The Kier molecular flexibility index (Phi) is 4.28. The second-order valence-electron chi connectivity index (χ2n) is 3.99. The van der Waals surface area contributed by atoms with Crippen LogP contribution in [0.1, 0.15) is 12.6 Å². The van der Waals surface area contributed by atoms with Crippen molar-refractivity contribution in [1.82, 2.24) is 10.3 Å². The van der Waals surface area contributed by atoms with Gasteiger partial charge in [-0.1, -0.05) is 6.07 Å². The fraction of sp³-hybridized carbons (Fsp3) is 0.250. The number of hydrogen-bond donors (Lipinski definition) is 2. The molecule has 0 aliphatic heterocycles. The summed E-state index contributed by atoms with van der Waals surface area (Å²) in [7, 11) is 0. The van der Waals surface area contributed by atoms with E-state index in [9.17, 15) is 9.59 Å². The molecule has 1 unspecified atom stereocenters. The lowest BCUT2D eigenvalue weighted by atomic mass is 10.2. The molecule has 0 saturated carbocycles. The van der Waals surface area contributed by atoms with E-state index in [1.165, 1.54) is 11.3 Å². The SMILES string of the molecule is CC(NC(=O)Cc1csc(-c2cccs2)n1)C(N)=O. The zero-order chi connectivity index (χ0) is 13.8. The molecule has 2 aromatic rings. The van der Waals surface area contributed by atoms with Crippen LogP contribution in [-0.2, 0) is 16.0 Å². The lowest BCUT2D eigenvalue weighted by Gasteiger charge is -2.08. The minimum absolute atomic E-state index is 0.152. The van der Waals surface area contributed by atoms with Crippen LogP contribution in [-0.4, -0.2) is 22.8 Å². The van der Waals surface area contributed by atoms with E-state index in [0.717, 1.165) is 9.88 Å². The van der Waals surface area contributed by atoms with Gasteiger partial charge in [0.15, 0.2) is 0 Å². The third kappa shape index (κ3) is 3.62. The highest BCUT2D eigenvalue weighted by molar-refractivity contribution is 7.20. The molecule has 0 fully saturated rings. The van der Waals surface area contributed by atoms with Crippen LogP contribution >= 0.6 is 22.7 Å². The van der Waals surface area contributed by atoms with Crippen LogP contribution in [0.15, 0.2) is 22.9 Å². The Morgan fingerprint density at radius 1 is 1.47 bits per heavy atom. The highest BCUT2D eigenvalue weighted by Gasteiger charge is 2.14. The predicted molar refractivity (Wildman–Crippen MR) is 75.9 cm³/mol. The molecule has 1 atom stereocenters. The molecule has 2 rings (SSSR count). The van der Waals surface area contributed by atoms with Gasteiger partial charge in [-0.15, -0.1) is 22.7 Å². The largest absolute Gasteiger partial charge is 0.368 e. The number of aromatic nitrogens is 1. The number of nitrogens with zero attached hydrogens (tertiary/aromatic N) is 1. The molecule has 2 heterocycles. The first kappa shape index (κ1) is 13.7. The van der Waals surface area contributed by atoms with Crippen LogP contribution in [0.5, 0.6) is 0 Å². The second kappa shape index (κ2) is 5.94. The Bertz CT molecular complexity index is 578. The van der Waals surface area contributed by atoms with E-state index in [0.29, 0.717) is 5.69 Å². The third-order valence-corrected chi connectivity index (χ3v) is 4.36. The molecule has 0 aliphatic rings. The summed E-state index contributed by atoms with van der Waals surface area (Å²) < 4.78 is 0. The van der Waals surface area contributed by atoms with Gasteiger partial charge >= 0.3 is 0 Å². The molecule has 2 amide bonds. The van der Waals surface area contributed by atoms with E-state index in [4.69, 9.17) is 5.73 Å². The zero-order valence-corrected chi connectivity index (χ0v) is 11.9. The Morgan fingerprint density at radius 2 is 2.26 bits per heavy atom. The number of rotatable bonds is 5. The summed E-state index contributed by atoms with van der Waals surface area (Å²) in [4.78, 5) is 28.0. The smallest absolute Gasteiger partial charge is 0.239 e. The van der Waals surface area contributed by atoms with Crippen LogP contribution in [0.4, 0.5) is 0 Å². The summed E-state index contributed by atoms with van der Waals surface area (Å²) in [5.74, 6) is -0.805. The Labute approximate surface area is 118 Å². The molecule has 5 nitrogen and oxygen atoms in total. The normalized spacial score (nSPS) is 12.1. The minimum Gasteiger partial charge on any atom is -0.368 e. The maximum absolute atomic E-state index is 11.7. The molecule has 0 aromatic carbocycles. The van der Waals surface area contributed by atoms with Crippen LogP contribution in [0.3, 0.4) is 0 Å². The summed E-state index contributed by atoms with van der Waals surface area (Å²) in [6.07, 6.45) is 0.152. The van der Waals surface area contributed by atoms with Gasteiger partial charge in [0.1, 0.15) is 11.0 Å². The van der Waals surface area contributed by atoms with E-state index in [-0.39, 0.29) is 12.3 Å². The van der Waals surface area contributed by atoms with E-state index < -0.39 is 11.9 Å². The number of primary amides is 1. The molecule has 0 aliphatic carbocycles. The lowest BCUT2D eigenvalue weighted by molar-refractivity contribution is -0.126. The molecule has 19 heavy (non-hydrogen) atoms. The number of carbonyl (C=O) groups is 2. The van der Waals surface area contributed by atoms with Crippen molar-refractivity contribution in [1.29, 1.82) is 0 Å². The molecular formula is C12H13N3O2S2. The highest BCUT2D eigenvalue weighted by Crippen LogP contribution is 2.27. The van der Waals surface area contributed by atoms with Gasteiger partial charge in [0.2, 0.25) is 11.8 Å². The van der Waals surface area contributed by atoms with Crippen LogP contribution in [0.25, 0.3) is 9.88 Å². The molecular weight excluding hydrogens is 282 g/mol. The van der Waals surface area contributed by atoms with Gasteiger partial charge in [0.05, 0.1) is 17.0 Å². The average Bonchev–Trinajstić information content (AvgIpc) is 2.97. The molecule has 100 valence electrons. The fourth-order valence-corrected chi connectivity index (χ4v) is 3.06. The van der Waals surface area contributed by atoms with Crippen molar-refractivity contribution in [2.75, 3.05) is 0 Å². The van der Waals surface area contributed by atoms with Crippen molar-refractivity contribution in [3.8, 4) is 9.88 Å². The maximum atomic E-state index is 11.7. The Balaban J connectivity index is 1.97. The van der Waals surface area contributed by atoms with Crippen molar-refractivity contribution in [2.24, 2.45) is 5.73 Å². The molecule has 2 aromatic heterocycles. The van der Waals surface area contributed by atoms with E-state index >= 15 is 0 Å². The quantitative estimate of drug-likeness (QED) is 0.874. The van der Waals surface area contributed by atoms with Gasteiger partial charge in [-0.25, -0.2) is 4.98 Å². The van der Waals surface area contributed by atoms with Crippen LogP contribution < -0.4 is 11.1 Å². The molecule has 0 spiro atoms. The Hall–Kier alpha value is -1.73. The first-order valence-corrected chi connectivity index (χ1v) is 7.39. The summed E-state index contributed by atoms with van der Waals surface area (Å²) in [5, 5.41) is 7.26. The predicted octanol–water partition coefficient (Wildman–Crippen LogP) is 1.40. The van der Waals surface area contributed by atoms with Crippen molar-refractivity contribution in [3.63, 3.8) is 0 Å². The molecule has 3 N–H and O–H groups in total. The summed E-state index contributed by atoms with van der Waals surface area (Å²) in [6, 6.07) is 3.29. The van der Waals surface area contributed by atoms with E-state index in [1.54, 1.807) is 18.3 Å². The topological polar surface area (TPSA) is 85.1 Å². The Morgan fingerprint density at radius 3 is 2.89 bits per heavy atom. The van der Waals surface area contributed by atoms with Gasteiger partial charge < -0.3 is 11.1 Å². The van der Waals surface area contributed by atoms with Gasteiger partial charge in [-0.3, -0.25) is 9.59 Å². The van der Waals surface area contributed by atoms with E-state index in [2.05, 4.69) is 10.3 Å². The first-order chi connectivity index (χ1) is 9.06. The van der Waals surface area contributed by atoms with Crippen molar-refractivity contribution < 1.29 is 9.59 Å². The number of hydrogen-bond acceptors (Lipinski definition) is 5. The monoisotopic (exact) mass is 295 g/mol. The van der Waals surface area contributed by atoms with Gasteiger partial charge in [-0.2, -0.15) is 0 Å². The molecule has 0 saturated heterocycles. The molecule has 7 heteroatoms. The first-order valence-electron chi connectivity index (χ1n) is 5.63. The van der Waals surface area contributed by atoms with E-state index in [1.807, 2.05) is 22.9 Å². The van der Waals surface area contributed by atoms with Crippen LogP contribution in [0.2, 0.25) is 0 Å². The third-order valence-electron chi connectivity index (χ3n) is 2.43. The average molecular weight is 295 g/mol. The van der Waals surface area contributed by atoms with Crippen molar-refractivity contribution >= 4 is 34.5 Å². The highest BCUT2D eigenvalue weighted by atomic mass is 32.1. The number of amides is 2. The van der Waals surface area contributed by atoms with Gasteiger partial charge in [0.25, 0.3) is 0 Å². The minimum atomic E-state index is -0.664. The molecule has 0 bridgehead atoms. The van der Waals surface area contributed by atoms with Crippen molar-refractivity contribution in [2.45, 2.75) is 19.4 Å². The number of nitrogens with one attached hydrogen (secondary N) is 1. The summed E-state index contributed by atoms with van der Waals surface area (Å²) in [5.41, 5.74) is 5.78. The number of thiazole rings is 1. The summed E-state index contributed by atoms with van der Waals surface area (Å²) >= 11 is 3.11. The van der Waals surface area contributed by atoms with Crippen LogP contribution in [0, 0.1) is 0 Å². The maximum Gasteiger partial charge on any atom is 0.239 e. The number of nitrogens with two attached hydrogens (primary N) is 1.